The summed E-state index contributed by atoms with van der Waals surface area (Å²) >= 11 is 3.15. The fourth-order valence-electron chi connectivity index (χ4n) is 1.68. The Bertz CT molecular complexity index is 556. The van der Waals surface area contributed by atoms with E-state index < -0.39 is 22.7 Å². The lowest BCUT2D eigenvalue weighted by Crippen LogP contribution is -2.34. The number of rotatable bonds is 1. The van der Waals surface area contributed by atoms with Gasteiger partial charge in [0.1, 0.15) is 6.54 Å². The summed E-state index contributed by atoms with van der Waals surface area (Å²) in [6, 6.07) is 4.32. The predicted molar refractivity (Wildman–Crippen MR) is 57.8 cm³/mol. The molecule has 0 fully saturated rings. The largest absolute Gasteiger partial charge is 0.402 e. The Labute approximate surface area is 104 Å². The van der Waals surface area contributed by atoms with E-state index in [-0.39, 0.29) is 11.4 Å². The zero-order chi connectivity index (χ0) is 12.8. The zero-order valence-electron chi connectivity index (χ0n) is 8.33. The van der Waals surface area contributed by atoms with Crippen molar-refractivity contribution in [3.8, 4) is 0 Å². The van der Waals surface area contributed by atoms with Gasteiger partial charge in [0.2, 0.25) is 10.0 Å². The van der Waals surface area contributed by atoms with Gasteiger partial charge < -0.3 is 0 Å². The molecular weight excluding hydrogens is 323 g/mol. The summed E-state index contributed by atoms with van der Waals surface area (Å²) in [4.78, 5) is -0.0510. The molecule has 0 N–H and O–H groups in total. The molecule has 1 aromatic rings. The van der Waals surface area contributed by atoms with E-state index in [9.17, 15) is 21.6 Å². The Kier molecular flexibility index (Phi) is 2.99. The average Bonchev–Trinajstić information content (AvgIpc) is 2.35. The van der Waals surface area contributed by atoms with Crippen molar-refractivity contribution in [3.63, 3.8) is 0 Å². The fraction of sp³-hybridized carbons (Fsp3) is 0.333. The minimum absolute atomic E-state index is 0.0510. The summed E-state index contributed by atoms with van der Waals surface area (Å²) in [5.41, 5.74) is 0.378. The number of sulfonamides is 1. The molecule has 8 heteroatoms. The van der Waals surface area contributed by atoms with Crippen LogP contribution in [0.4, 0.5) is 13.2 Å². The summed E-state index contributed by atoms with van der Waals surface area (Å²) < 4.78 is 61.4. The van der Waals surface area contributed by atoms with Crippen LogP contribution in [0.3, 0.4) is 0 Å². The zero-order valence-corrected chi connectivity index (χ0v) is 10.7. The molecule has 0 unspecified atom stereocenters. The first-order chi connectivity index (χ1) is 7.70. The fourth-order valence-corrected chi connectivity index (χ4v) is 3.69. The molecule has 17 heavy (non-hydrogen) atoms. The molecule has 2 rings (SSSR count). The van der Waals surface area contributed by atoms with Crippen molar-refractivity contribution < 1.29 is 21.6 Å². The lowest BCUT2D eigenvalue weighted by atomic mass is 10.2. The average molecular weight is 330 g/mol. The Hall–Kier alpha value is -0.600. The monoisotopic (exact) mass is 329 g/mol. The van der Waals surface area contributed by atoms with Crippen LogP contribution in [0.25, 0.3) is 0 Å². The molecule has 1 aliphatic heterocycles. The highest BCUT2D eigenvalue weighted by Gasteiger charge is 2.41. The topological polar surface area (TPSA) is 37.4 Å². The normalized spacial score (nSPS) is 19.3. The number of fused-ring (bicyclic) bond motifs is 1. The number of hydrogen-bond acceptors (Lipinski definition) is 2. The smallest absolute Gasteiger partial charge is 0.207 e. The second kappa shape index (κ2) is 3.96. The highest BCUT2D eigenvalue weighted by molar-refractivity contribution is 9.10. The first kappa shape index (κ1) is 12.8. The molecule has 1 heterocycles. The maximum atomic E-state index is 12.2. The van der Waals surface area contributed by atoms with Crippen LogP contribution in [0.1, 0.15) is 5.56 Å². The van der Waals surface area contributed by atoms with Crippen molar-refractivity contribution in [1.82, 2.24) is 4.31 Å². The Morgan fingerprint density at radius 1 is 1.35 bits per heavy atom. The third kappa shape index (κ3) is 2.48. The molecule has 1 aromatic carbocycles. The Morgan fingerprint density at radius 3 is 2.59 bits per heavy atom. The third-order valence-electron chi connectivity index (χ3n) is 2.34. The van der Waals surface area contributed by atoms with Crippen LogP contribution in [0.5, 0.6) is 0 Å². The van der Waals surface area contributed by atoms with E-state index >= 15 is 0 Å². The highest BCUT2D eigenvalue weighted by atomic mass is 79.9. The van der Waals surface area contributed by atoms with E-state index in [1.54, 1.807) is 0 Å². The number of benzene rings is 1. The molecule has 3 nitrogen and oxygen atoms in total. The minimum Gasteiger partial charge on any atom is -0.207 e. The number of halogens is 4. The van der Waals surface area contributed by atoms with Gasteiger partial charge in [0.25, 0.3) is 0 Å². The van der Waals surface area contributed by atoms with E-state index in [1.165, 1.54) is 18.2 Å². The molecule has 0 spiro atoms. The Morgan fingerprint density at radius 2 is 2.00 bits per heavy atom. The van der Waals surface area contributed by atoms with Gasteiger partial charge in [0, 0.05) is 11.0 Å². The molecule has 0 amide bonds. The van der Waals surface area contributed by atoms with Gasteiger partial charge in [-0.1, -0.05) is 15.9 Å². The molecule has 0 aliphatic carbocycles. The van der Waals surface area contributed by atoms with Crippen molar-refractivity contribution in [2.24, 2.45) is 0 Å². The third-order valence-corrected chi connectivity index (χ3v) is 4.73. The second-order valence-electron chi connectivity index (χ2n) is 3.64. The lowest BCUT2D eigenvalue weighted by Gasteiger charge is -2.16. The highest BCUT2D eigenvalue weighted by Crippen LogP contribution is 2.34. The summed E-state index contributed by atoms with van der Waals surface area (Å²) in [5.74, 6) is 0. The van der Waals surface area contributed by atoms with Gasteiger partial charge in [-0.15, -0.1) is 0 Å². The summed E-state index contributed by atoms with van der Waals surface area (Å²) in [6.07, 6.45) is -4.54. The van der Waals surface area contributed by atoms with E-state index in [0.29, 0.717) is 14.3 Å². The maximum absolute atomic E-state index is 12.2. The van der Waals surface area contributed by atoms with Gasteiger partial charge in [-0.2, -0.15) is 17.5 Å². The molecule has 94 valence electrons. The van der Waals surface area contributed by atoms with Crippen molar-refractivity contribution in [2.45, 2.75) is 17.6 Å². The van der Waals surface area contributed by atoms with Crippen LogP contribution >= 0.6 is 15.9 Å². The maximum Gasteiger partial charge on any atom is 0.402 e. The van der Waals surface area contributed by atoms with Crippen molar-refractivity contribution in [3.05, 3.63) is 28.2 Å². The Balaban J connectivity index is 2.40. The molecule has 0 atom stereocenters. The minimum atomic E-state index is -4.54. The molecule has 0 aromatic heterocycles. The van der Waals surface area contributed by atoms with Gasteiger partial charge >= 0.3 is 6.18 Å². The molecular formula is C9H7BrF3NO2S. The van der Waals surface area contributed by atoms with Crippen LogP contribution in [-0.2, 0) is 16.6 Å². The van der Waals surface area contributed by atoms with Crippen LogP contribution in [-0.4, -0.2) is 25.4 Å². The van der Waals surface area contributed by atoms with Gasteiger partial charge in [0.15, 0.2) is 0 Å². The van der Waals surface area contributed by atoms with E-state index in [4.69, 9.17) is 0 Å². The van der Waals surface area contributed by atoms with Crippen LogP contribution in [0, 0.1) is 0 Å². The first-order valence-electron chi connectivity index (χ1n) is 4.55. The summed E-state index contributed by atoms with van der Waals surface area (Å²) in [7, 11) is -4.00. The van der Waals surface area contributed by atoms with Crippen LogP contribution in [0.2, 0.25) is 0 Å². The van der Waals surface area contributed by atoms with E-state index in [0.717, 1.165) is 0 Å². The predicted octanol–water partition coefficient (Wildman–Crippen LogP) is 2.52. The SMILES string of the molecule is O=S1(=O)c2ccc(Br)cc2CN1CC(F)(F)F. The summed E-state index contributed by atoms with van der Waals surface area (Å²) in [6.45, 7) is -1.70. The summed E-state index contributed by atoms with van der Waals surface area (Å²) in [5, 5.41) is 0. The van der Waals surface area contributed by atoms with Gasteiger partial charge in [0.05, 0.1) is 4.90 Å². The van der Waals surface area contributed by atoms with E-state index in [1.807, 2.05) is 0 Å². The number of nitrogens with zero attached hydrogens (tertiary/aromatic N) is 1. The van der Waals surface area contributed by atoms with Crippen molar-refractivity contribution >= 4 is 26.0 Å². The number of hydrogen-bond donors (Lipinski definition) is 0. The van der Waals surface area contributed by atoms with Crippen LogP contribution < -0.4 is 0 Å². The first-order valence-corrected chi connectivity index (χ1v) is 6.79. The molecule has 0 saturated heterocycles. The van der Waals surface area contributed by atoms with Crippen molar-refractivity contribution in [1.29, 1.82) is 0 Å². The standard InChI is InChI=1S/C9H7BrF3NO2S/c10-7-1-2-8-6(3-7)4-14(17(8,15)16)5-9(11,12)13/h1-3H,4-5H2. The van der Waals surface area contributed by atoms with Crippen LogP contribution in [0.15, 0.2) is 27.6 Å². The lowest BCUT2D eigenvalue weighted by molar-refractivity contribution is -0.136. The molecule has 0 radical (unpaired) electrons. The van der Waals surface area contributed by atoms with Gasteiger partial charge in [-0.25, -0.2) is 8.42 Å². The van der Waals surface area contributed by atoms with Gasteiger partial charge in [-0.3, -0.25) is 0 Å². The molecule has 1 aliphatic rings. The molecule has 0 saturated carbocycles. The second-order valence-corrected chi connectivity index (χ2v) is 6.46. The quantitative estimate of drug-likeness (QED) is 0.794. The molecule has 0 bridgehead atoms. The van der Waals surface area contributed by atoms with Crippen molar-refractivity contribution in [2.75, 3.05) is 6.54 Å². The van der Waals surface area contributed by atoms with Gasteiger partial charge in [-0.05, 0) is 23.8 Å². The number of alkyl halides is 3. The van der Waals surface area contributed by atoms with E-state index in [2.05, 4.69) is 15.9 Å².